The first kappa shape index (κ1) is 14.7. The van der Waals surface area contributed by atoms with E-state index in [-0.39, 0.29) is 11.2 Å². The summed E-state index contributed by atoms with van der Waals surface area (Å²) in [4.78, 5) is 4.36. The monoisotopic (exact) mass is 298 g/mol. The summed E-state index contributed by atoms with van der Waals surface area (Å²) in [6.45, 7) is 4.09. The van der Waals surface area contributed by atoms with Gasteiger partial charge in [-0.15, -0.1) is 0 Å². The lowest BCUT2D eigenvalue weighted by molar-refractivity contribution is 0.340. The molecule has 0 aliphatic carbocycles. The molecule has 5 heteroatoms. The molecular weight excluding hydrogens is 276 g/mol. The molecule has 2 heterocycles. The Morgan fingerprint density at radius 1 is 1.27 bits per heavy atom. The van der Waals surface area contributed by atoms with Crippen molar-refractivity contribution in [3.8, 4) is 17.0 Å². The summed E-state index contributed by atoms with van der Waals surface area (Å²) >= 11 is 0. The van der Waals surface area contributed by atoms with Crippen molar-refractivity contribution in [2.24, 2.45) is 0 Å². The van der Waals surface area contributed by atoms with Gasteiger partial charge in [-0.2, -0.15) is 0 Å². The quantitative estimate of drug-likeness (QED) is 0.682. The summed E-state index contributed by atoms with van der Waals surface area (Å²) in [6, 6.07) is 9.10. The van der Waals surface area contributed by atoms with Crippen LogP contribution in [-0.4, -0.2) is 23.2 Å². The molecule has 116 valence electrons. The molecule has 1 aromatic carbocycles. The number of para-hydroxylation sites is 1. The Kier molecular flexibility index (Phi) is 3.66. The summed E-state index contributed by atoms with van der Waals surface area (Å²) in [5, 5.41) is 13.5. The molecule has 22 heavy (non-hydrogen) atoms. The van der Waals surface area contributed by atoms with E-state index in [0.717, 1.165) is 31.5 Å². The standard InChI is InChI=1S/C17H22N4O/c1-17(7-4-8-20-10-17)12-9-13(21-16(19)15(12)18)11-5-2-3-6-14(11)22/h2-3,5-6,9,20,22H,4,7-8,10,18H2,1H3,(H2,19,21). The number of hydrogen-bond donors (Lipinski definition) is 4. The van der Waals surface area contributed by atoms with Crippen molar-refractivity contribution in [1.29, 1.82) is 0 Å². The molecule has 1 atom stereocenters. The normalized spacial score (nSPS) is 21.7. The van der Waals surface area contributed by atoms with Gasteiger partial charge in [0.15, 0.2) is 0 Å². The van der Waals surface area contributed by atoms with Gasteiger partial charge >= 0.3 is 0 Å². The van der Waals surface area contributed by atoms with E-state index in [1.54, 1.807) is 12.1 Å². The molecule has 1 aromatic heterocycles. The Labute approximate surface area is 130 Å². The number of hydrogen-bond acceptors (Lipinski definition) is 5. The summed E-state index contributed by atoms with van der Waals surface area (Å²) < 4.78 is 0. The zero-order chi connectivity index (χ0) is 15.7. The molecule has 3 rings (SSSR count). The van der Waals surface area contributed by atoms with Crippen LogP contribution in [-0.2, 0) is 5.41 Å². The minimum Gasteiger partial charge on any atom is -0.507 e. The molecule has 0 amide bonds. The average molecular weight is 298 g/mol. The third-order valence-corrected chi connectivity index (χ3v) is 4.52. The van der Waals surface area contributed by atoms with E-state index in [4.69, 9.17) is 11.5 Å². The van der Waals surface area contributed by atoms with Gasteiger partial charge in [-0.1, -0.05) is 19.1 Å². The van der Waals surface area contributed by atoms with E-state index >= 15 is 0 Å². The highest BCUT2D eigenvalue weighted by Gasteiger charge is 2.32. The Bertz CT molecular complexity index is 693. The lowest BCUT2D eigenvalue weighted by Crippen LogP contribution is -2.41. The number of nitrogen functional groups attached to an aromatic ring is 2. The van der Waals surface area contributed by atoms with Gasteiger partial charge in [0.05, 0.1) is 11.4 Å². The molecule has 1 aliphatic rings. The summed E-state index contributed by atoms with van der Waals surface area (Å²) in [5.74, 6) is 0.514. The number of piperidine rings is 1. The highest BCUT2D eigenvalue weighted by Crippen LogP contribution is 2.39. The molecule has 1 aliphatic heterocycles. The molecular formula is C17H22N4O. The molecule has 6 N–H and O–H groups in total. The van der Waals surface area contributed by atoms with Crippen molar-refractivity contribution >= 4 is 11.5 Å². The van der Waals surface area contributed by atoms with Crippen molar-refractivity contribution in [3.63, 3.8) is 0 Å². The lowest BCUT2D eigenvalue weighted by atomic mass is 9.75. The van der Waals surface area contributed by atoms with Crippen LogP contribution in [0.4, 0.5) is 11.5 Å². The molecule has 0 bridgehead atoms. The van der Waals surface area contributed by atoms with Gasteiger partial charge < -0.3 is 21.9 Å². The summed E-state index contributed by atoms with van der Waals surface area (Å²) in [6.07, 6.45) is 2.15. The van der Waals surface area contributed by atoms with Gasteiger partial charge in [0.25, 0.3) is 0 Å². The predicted octanol–water partition coefficient (Wildman–Crippen LogP) is 2.26. The topological polar surface area (TPSA) is 97.2 Å². The number of phenols is 1. The number of nitrogens with two attached hydrogens (primary N) is 2. The number of nitrogens with zero attached hydrogens (tertiary/aromatic N) is 1. The smallest absolute Gasteiger partial charge is 0.147 e. The largest absolute Gasteiger partial charge is 0.507 e. The number of benzene rings is 1. The fourth-order valence-corrected chi connectivity index (χ4v) is 3.19. The molecule has 5 nitrogen and oxygen atoms in total. The number of anilines is 2. The third-order valence-electron chi connectivity index (χ3n) is 4.52. The van der Waals surface area contributed by atoms with Crippen LogP contribution < -0.4 is 16.8 Å². The first-order valence-corrected chi connectivity index (χ1v) is 7.57. The fraction of sp³-hybridized carbons (Fsp3) is 0.353. The van der Waals surface area contributed by atoms with Crippen LogP contribution in [0.5, 0.6) is 5.75 Å². The zero-order valence-corrected chi connectivity index (χ0v) is 12.8. The molecule has 0 spiro atoms. The zero-order valence-electron chi connectivity index (χ0n) is 12.8. The number of pyridine rings is 1. The Morgan fingerprint density at radius 3 is 2.73 bits per heavy atom. The van der Waals surface area contributed by atoms with E-state index in [9.17, 15) is 5.11 Å². The van der Waals surface area contributed by atoms with E-state index in [2.05, 4.69) is 17.2 Å². The van der Waals surface area contributed by atoms with Crippen LogP contribution in [0.15, 0.2) is 30.3 Å². The van der Waals surface area contributed by atoms with Crippen molar-refractivity contribution in [2.45, 2.75) is 25.2 Å². The second-order valence-electron chi connectivity index (χ2n) is 6.21. The highest BCUT2D eigenvalue weighted by molar-refractivity contribution is 5.75. The number of aromatic nitrogens is 1. The Morgan fingerprint density at radius 2 is 2.05 bits per heavy atom. The first-order valence-electron chi connectivity index (χ1n) is 7.57. The predicted molar refractivity (Wildman–Crippen MR) is 89.6 cm³/mol. The minimum atomic E-state index is -0.0709. The van der Waals surface area contributed by atoms with Crippen LogP contribution in [0.25, 0.3) is 11.3 Å². The number of nitrogens with one attached hydrogen (secondary N) is 1. The van der Waals surface area contributed by atoms with Gasteiger partial charge in [0, 0.05) is 17.5 Å². The maximum absolute atomic E-state index is 10.1. The van der Waals surface area contributed by atoms with Gasteiger partial charge in [0.1, 0.15) is 11.6 Å². The van der Waals surface area contributed by atoms with Gasteiger partial charge in [-0.05, 0) is 43.1 Å². The minimum absolute atomic E-state index is 0.0709. The Balaban J connectivity index is 2.14. The average Bonchev–Trinajstić information content (AvgIpc) is 2.51. The Hall–Kier alpha value is -2.27. The van der Waals surface area contributed by atoms with Crippen LogP contribution in [0, 0.1) is 0 Å². The summed E-state index contributed by atoms with van der Waals surface area (Å²) in [5.41, 5.74) is 15.1. The maximum atomic E-state index is 10.1. The van der Waals surface area contributed by atoms with Gasteiger partial charge in [0.2, 0.25) is 0 Å². The van der Waals surface area contributed by atoms with Crippen molar-refractivity contribution in [2.75, 3.05) is 24.6 Å². The van der Waals surface area contributed by atoms with E-state index in [1.165, 1.54) is 0 Å². The van der Waals surface area contributed by atoms with Crippen LogP contribution in [0.3, 0.4) is 0 Å². The van der Waals surface area contributed by atoms with E-state index in [0.29, 0.717) is 22.8 Å². The molecule has 1 fully saturated rings. The molecule has 2 aromatic rings. The molecule has 0 radical (unpaired) electrons. The second-order valence-corrected chi connectivity index (χ2v) is 6.21. The molecule has 1 unspecified atom stereocenters. The van der Waals surface area contributed by atoms with Gasteiger partial charge in [-0.25, -0.2) is 4.98 Å². The lowest BCUT2D eigenvalue weighted by Gasteiger charge is -2.36. The summed E-state index contributed by atoms with van der Waals surface area (Å²) in [7, 11) is 0. The SMILES string of the molecule is CC1(c2cc(-c3ccccc3O)nc(N)c2N)CCCNC1. The van der Waals surface area contributed by atoms with Crippen molar-refractivity contribution < 1.29 is 5.11 Å². The van der Waals surface area contributed by atoms with Crippen LogP contribution in [0.1, 0.15) is 25.3 Å². The van der Waals surface area contributed by atoms with E-state index < -0.39 is 0 Å². The first-order chi connectivity index (χ1) is 10.5. The number of rotatable bonds is 2. The van der Waals surface area contributed by atoms with Crippen molar-refractivity contribution in [3.05, 3.63) is 35.9 Å². The maximum Gasteiger partial charge on any atom is 0.147 e. The fourth-order valence-electron chi connectivity index (χ4n) is 3.19. The highest BCUT2D eigenvalue weighted by atomic mass is 16.3. The second kappa shape index (κ2) is 5.50. The number of aromatic hydroxyl groups is 1. The third kappa shape index (κ3) is 2.48. The molecule has 1 saturated heterocycles. The van der Waals surface area contributed by atoms with Gasteiger partial charge in [-0.3, -0.25) is 0 Å². The van der Waals surface area contributed by atoms with E-state index in [1.807, 2.05) is 18.2 Å². The molecule has 0 saturated carbocycles. The van der Waals surface area contributed by atoms with Crippen molar-refractivity contribution in [1.82, 2.24) is 10.3 Å². The van der Waals surface area contributed by atoms with Crippen LogP contribution in [0.2, 0.25) is 0 Å². The number of phenolic OH excluding ortho intramolecular Hbond substituents is 1. The van der Waals surface area contributed by atoms with Crippen LogP contribution >= 0.6 is 0 Å².